The van der Waals surface area contributed by atoms with Crippen molar-refractivity contribution < 1.29 is 4.39 Å². The van der Waals surface area contributed by atoms with E-state index in [4.69, 9.17) is 5.26 Å². The van der Waals surface area contributed by atoms with Gasteiger partial charge in [-0.2, -0.15) is 5.26 Å². The second-order valence-corrected chi connectivity index (χ2v) is 3.70. The molecule has 1 saturated carbocycles. The van der Waals surface area contributed by atoms with Gasteiger partial charge in [-0.1, -0.05) is 12.1 Å². The minimum atomic E-state index is -0.216. The lowest BCUT2D eigenvalue weighted by Crippen LogP contribution is -2.01. The van der Waals surface area contributed by atoms with E-state index in [2.05, 4.69) is 6.07 Å². The molecule has 1 aromatic carbocycles. The standard InChI is InChI=1S/C11H10FN/c12-10-3-1-2-9(6-10)7-11(8-13)4-5-11/h1-3,6H,4-5,7H2. The summed E-state index contributed by atoms with van der Waals surface area (Å²) in [5, 5.41) is 8.84. The predicted molar refractivity (Wildman–Crippen MR) is 47.4 cm³/mol. The van der Waals surface area contributed by atoms with Gasteiger partial charge in [0.15, 0.2) is 0 Å². The Morgan fingerprint density at radius 1 is 1.46 bits per heavy atom. The lowest BCUT2D eigenvalue weighted by molar-refractivity contribution is 0.616. The summed E-state index contributed by atoms with van der Waals surface area (Å²) < 4.78 is 12.8. The lowest BCUT2D eigenvalue weighted by Gasteiger charge is -2.04. The van der Waals surface area contributed by atoms with E-state index in [1.54, 1.807) is 6.07 Å². The van der Waals surface area contributed by atoms with E-state index in [0.29, 0.717) is 6.42 Å². The van der Waals surface area contributed by atoms with E-state index in [0.717, 1.165) is 18.4 Å². The first kappa shape index (κ1) is 8.25. The minimum absolute atomic E-state index is 0.173. The van der Waals surface area contributed by atoms with Crippen molar-refractivity contribution in [3.63, 3.8) is 0 Å². The number of nitriles is 1. The highest BCUT2D eigenvalue weighted by Crippen LogP contribution is 2.47. The van der Waals surface area contributed by atoms with Crippen LogP contribution in [0, 0.1) is 22.6 Å². The van der Waals surface area contributed by atoms with Crippen LogP contribution < -0.4 is 0 Å². The third-order valence-electron chi connectivity index (χ3n) is 2.52. The van der Waals surface area contributed by atoms with Gasteiger partial charge in [-0.3, -0.25) is 0 Å². The molecule has 13 heavy (non-hydrogen) atoms. The van der Waals surface area contributed by atoms with Gasteiger partial charge in [0.2, 0.25) is 0 Å². The Morgan fingerprint density at radius 3 is 2.77 bits per heavy atom. The Morgan fingerprint density at radius 2 is 2.23 bits per heavy atom. The second kappa shape index (κ2) is 2.85. The molecule has 0 amide bonds. The van der Waals surface area contributed by atoms with Crippen molar-refractivity contribution in [2.45, 2.75) is 19.3 Å². The zero-order valence-electron chi connectivity index (χ0n) is 7.26. The minimum Gasteiger partial charge on any atom is -0.207 e. The van der Waals surface area contributed by atoms with Crippen LogP contribution >= 0.6 is 0 Å². The molecule has 0 bridgehead atoms. The molecule has 0 aromatic heterocycles. The number of hydrogen-bond donors (Lipinski definition) is 0. The van der Waals surface area contributed by atoms with E-state index in [9.17, 15) is 4.39 Å². The van der Waals surface area contributed by atoms with Crippen molar-refractivity contribution in [3.8, 4) is 6.07 Å². The maximum absolute atomic E-state index is 12.8. The molecule has 1 aliphatic carbocycles. The van der Waals surface area contributed by atoms with Crippen LogP contribution in [0.5, 0.6) is 0 Å². The first-order valence-electron chi connectivity index (χ1n) is 4.40. The highest BCUT2D eigenvalue weighted by Gasteiger charge is 2.42. The summed E-state index contributed by atoms with van der Waals surface area (Å²) in [6, 6.07) is 8.80. The third kappa shape index (κ3) is 1.70. The molecule has 0 saturated heterocycles. The number of halogens is 1. The number of nitrogens with zero attached hydrogens (tertiary/aromatic N) is 1. The van der Waals surface area contributed by atoms with Crippen LogP contribution in [0.2, 0.25) is 0 Å². The Bertz CT molecular complexity index is 361. The fourth-order valence-corrected chi connectivity index (χ4v) is 1.52. The van der Waals surface area contributed by atoms with Crippen LogP contribution in [-0.4, -0.2) is 0 Å². The van der Waals surface area contributed by atoms with E-state index < -0.39 is 0 Å². The molecule has 0 heterocycles. The topological polar surface area (TPSA) is 23.8 Å². The molecule has 1 aromatic rings. The summed E-state index contributed by atoms with van der Waals surface area (Å²) in [7, 11) is 0. The average Bonchev–Trinajstić information content (AvgIpc) is 2.86. The van der Waals surface area contributed by atoms with Crippen LogP contribution in [0.15, 0.2) is 24.3 Å². The second-order valence-electron chi connectivity index (χ2n) is 3.70. The highest BCUT2D eigenvalue weighted by atomic mass is 19.1. The SMILES string of the molecule is N#CC1(Cc2cccc(F)c2)CC1. The van der Waals surface area contributed by atoms with Gasteiger partial charge in [0.1, 0.15) is 5.82 Å². The van der Waals surface area contributed by atoms with Gasteiger partial charge in [0.05, 0.1) is 11.5 Å². The molecule has 66 valence electrons. The molecule has 2 rings (SSSR count). The van der Waals surface area contributed by atoms with Crippen molar-refractivity contribution in [2.24, 2.45) is 5.41 Å². The van der Waals surface area contributed by atoms with Crippen LogP contribution in [0.25, 0.3) is 0 Å². The first-order valence-corrected chi connectivity index (χ1v) is 4.40. The highest BCUT2D eigenvalue weighted by molar-refractivity contribution is 5.23. The Kier molecular flexibility index (Phi) is 1.81. The molecular formula is C11H10FN. The summed E-state index contributed by atoms with van der Waals surface area (Å²) in [6.07, 6.45) is 2.61. The van der Waals surface area contributed by atoms with E-state index in [-0.39, 0.29) is 11.2 Å². The summed E-state index contributed by atoms with van der Waals surface area (Å²) in [4.78, 5) is 0. The summed E-state index contributed by atoms with van der Waals surface area (Å²) in [5.41, 5.74) is 0.757. The zero-order valence-corrected chi connectivity index (χ0v) is 7.26. The van der Waals surface area contributed by atoms with Crippen LogP contribution in [0.1, 0.15) is 18.4 Å². The molecule has 2 heteroatoms. The smallest absolute Gasteiger partial charge is 0.123 e. The van der Waals surface area contributed by atoms with Crippen LogP contribution in [-0.2, 0) is 6.42 Å². The molecule has 0 aliphatic heterocycles. The Labute approximate surface area is 76.8 Å². The molecule has 0 N–H and O–H groups in total. The monoisotopic (exact) mass is 175 g/mol. The van der Waals surface area contributed by atoms with Gasteiger partial charge in [0, 0.05) is 0 Å². The summed E-state index contributed by atoms with van der Waals surface area (Å²) in [6.45, 7) is 0. The zero-order chi connectivity index (χ0) is 9.31. The van der Waals surface area contributed by atoms with Crippen molar-refractivity contribution in [1.82, 2.24) is 0 Å². The van der Waals surface area contributed by atoms with Crippen molar-refractivity contribution >= 4 is 0 Å². The maximum atomic E-state index is 12.8. The molecule has 1 nitrogen and oxygen atoms in total. The van der Waals surface area contributed by atoms with Gasteiger partial charge >= 0.3 is 0 Å². The largest absolute Gasteiger partial charge is 0.207 e. The van der Waals surface area contributed by atoms with Gasteiger partial charge in [-0.25, -0.2) is 4.39 Å². The van der Waals surface area contributed by atoms with Gasteiger partial charge in [-0.05, 0) is 37.0 Å². The molecular weight excluding hydrogens is 165 g/mol. The van der Waals surface area contributed by atoms with Gasteiger partial charge < -0.3 is 0 Å². The van der Waals surface area contributed by atoms with Crippen molar-refractivity contribution in [1.29, 1.82) is 5.26 Å². The quantitative estimate of drug-likeness (QED) is 0.677. The predicted octanol–water partition coefficient (Wildman–Crippen LogP) is 2.67. The Hall–Kier alpha value is -1.36. The van der Waals surface area contributed by atoms with Crippen molar-refractivity contribution in [2.75, 3.05) is 0 Å². The van der Waals surface area contributed by atoms with Crippen LogP contribution in [0.4, 0.5) is 4.39 Å². The average molecular weight is 175 g/mol. The fraction of sp³-hybridized carbons (Fsp3) is 0.364. The number of hydrogen-bond acceptors (Lipinski definition) is 1. The first-order chi connectivity index (χ1) is 6.24. The van der Waals surface area contributed by atoms with Gasteiger partial charge in [0.25, 0.3) is 0 Å². The summed E-state index contributed by atoms with van der Waals surface area (Å²) >= 11 is 0. The maximum Gasteiger partial charge on any atom is 0.123 e. The number of benzene rings is 1. The molecule has 0 spiro atoms. The molecule has 1 fully saturated rings. The summed E-state index contributed by atoms with van der Waals surface area (Å²) in [5.74, 6) is -0.216. The molecule has 1 aliphatic rings. The lowest BCUT2D eigenvalue weighted by atomic mass is 9.98. The fourth-order valence-electron chi connectivity index (χ4n) is 1.52. The normalized spacial score (nSPS) is 17.8. The Balaban J connectivity index is 2.15. The molecule has 0 unspecified atom stereocenters. The van der Waals surface area contributed by atoms with Crippen molar-refractivity contribution in [3.05, 3.63) is 35.6 Å². The number of rotatable bonds is 2. The third-order valence-corrected chi connectivity index (χ3v) is 2.52. The molecule has 0 atom stereocenters. The van der Waals surface area contributed by atoms with E-state index in [1.165, 1.54) is 12.1 Å². The van der Waals surface area contributed by atoms with Crippen LogP contribution in [0.3, 0.4) is 0 Å². The van der Waals surface area contributed by atoms with Gasteiger partial charge in [-0.15, -0.1) is 0 Å². The van der Waals surface area contributed by atoms with E-state index in [1.807, 2.05) is 6.07 Å². The van der Waals surface area contributed by atoms with E-state index >= 15 is 0 Å². The molecule has 0 radical (unpaired) electrons.